The fourth-order valence-electron chi connectivity index (χ4n) is 1.84. The zero-order valence-electron chi connectivity index (χ0n) is 14.8. The number of aryl methyl sites for hydroxylation is 1. The molecule has 1 N–H and O–H groups in total. The number of hydrogen-bond donors (Lipinski definition) is 1. The highest BCUT2D eigenvalue weighted by Crippen LogP contribution is 2.09. The molecular weight excluding hydrogens is 310 g/mol. The fourth-order valence-corrected chi connectivity index (χ4v) is 1.84. The zero-order valence-corrected chi connectivity index (χ0v) is 14.8. The maximum absolute atomic E-state index is 12.2. The van der Waals surface area contributed by atoms with Gasteiger partial charge in [0.2, 0.25) is 5.78 Å². The summed E-state index contributed by atoms with van der Waals surface area (Å²) in [5, 5.41) is 2.46. The first-order valence-electron chi connectivity index (χ1n) is 7.85. The number of nitrogens with one attached hydrogen (secondary N) is 1. The molecule has 1 rings (SSSR count). The minimum absolute atomic E-state index is 0.0369. The monoisotopic (exact) mass is 335 g/mol. The number of esters is 1. The number of ketones is 1. The molecule has 24 heavy (non-hydrogen) atoms. The summed E-state index contributed by atoms with van der Waals surface area (Å²) in [5.74, 6) is -0.817. The van der Waals surface area contributed by atoms with E-state index in [0.717, 1.165) is 5.56 Å². The molecule has 6 heteroatoms. The highest BCUT2D eigenvalue weighted by molar-refractivity contribution is 6.00. The van der Waals surface area contributed by atoms with E-state index in [9.17, 15) is 14.4 Å². The number of ether oxygens (including phenoxy) is 2. The molecule has 0 bridgehead atoms. The van der Waals surface area contributed by atoms with Gasteiger partial charge in [0, 0.05) is 12.1 Å². The summed E-state index contributed by atoms with van der Waals surface area (Å²) < 4.78 is 10.1. The summed E-state index contributed by atoms with van der Waals surface area (Å²) in [6.07, 6.45) is -1.51. The molecule has 1 aromatic carbocycles. The van der Waals surface area contributed by atoms with E-state index >= 15 is 0 Å². The van der Waals surface area contributed by atoms with Crippen molar-refractivity contribution in [2.24, 2.45) is 0 Å². The molecule has 0 aliphatic heterocycles. The molecule has 0 spiro atoms. The van der Waals surface area contributed by atoms with Gasteiger partial charge >= 0.3 is 12.1 Å². The van der Waals surface area contributed by atoms with Crippen LogP contribution in [0.3, 0.4) is 0 Å². The molecule has 0 fully saturated rings. The minimum Gasteiger partial charge on any atom is -0.454 e. The summed E-state index contributed by atoms with van der Waals surface area (Å²) >= 11 is 0. The number of benzene rings is 1. The number of Topliss-reactive ketones (excluding diaryl/α,β-unsaturated/α-hetero) is 1. The lowest BCUT2D eigenvalue weighted by atomic mass is 10.1. The molecule has 0 unspecified atom stereocenters. The third-order valence-corrected chi connectivity index (χ3v) is 3.01. The van der Waals surface area contributed by atoms with E-state index < -0.39 is 23.8 Å². The highest BCUT2D eigenvalue weighted by atomic mass is 16.6. The Kier molecular flexibility index (Phi) is 6.95. The van der Waals surface area contributed by atoms with Crippen molar-refractivity contribution in [1.29, 1.82) is 0 Å². The molecule has 0 saturated carbocycles. The highest BCUT2D eigenvalue weighted by Gasteiger charge is 2.20. The van der Waals surface area contributed by atoms with E-state index in [1.54, 1.807) is 32.9 Å². The number of carbonyl (C=O) groups excluding carboxylic acids is 3. The van der Waals surface area contributed by atoms with Crippen molar-refractivity contribution in [2.45, 2.75) is 52.7 Å². The van der Waals surface area contributed by atoms with Gasteiger partial charge in [-0.25, -0.2) is 4.79 Å². The Bertz CT molecular complexity index is 586. The van der Waals surface area contributed by atoms with Crippen LogP contribution < -0.4 is 5.32 Å². The number of amides is 1. The Labute approximate surface area is 142 Å². The summed E-state index contributed by atoms with van der Waals surface area (Å²) in [4.78, 5) is 35.4. The van der Waals surface area contributed by atoms with Gasteiger partial charge in [0.1, 0.15) is 5.60 Å². The lowest BCUT2D eigenvalue weighted by Gasteiger charge is -2.19. The van der Waals surface area contributed by atoms with E-state index in [4.69, 9.17) is 9.47 Å². The number of carbonyl (C=O) groups is 3. The molecule has 6 nitrogen and oxygen atoms in total. The molecule has 0 aliphatic rings. The van der Waals surface area contributed by atoms with Crippen molar-refractivity contribution >= 4 is 17.8 Å². The number of hydrogen-bond acceptors (Lipinski definition) is 5. The average Bonchev–Trinajstić information content (AvgIpc) is 2.45. The molecule has 132 valence electrons. The van der Waals surface area contributed by atoms with Gasteiger partial charge in [-0.15, -0.1) is 0 Å². The van der Waals surface area contributed by atoms with Crippen LogP contribution in [0.1, 0.15) is 50.0 Å². The predicted octanol–water partition coefficient (Wildman–Crippen LogP) is 3.02. The van der Waals surface area contributed by atoms with Crippen LogP contribution in [0.15, 0.2) is 24.3 Å². The van der Waals surface area contributed by atoms with Crippen molar-refractivity contribution in [3.8, 4) is 0 Å². The standard InChI is InChI=1S/C18H25NO5/c1-12-6-8-14(9-7-12)16(21)13(2)23-15(20)10-11-19-17(22)24-18(3,4)5/h6-9,13H,10-11H2,1-5H3,(H,19,22)/t13-/m0/s1. The maximum Gasteiger partial charge on any atom is 0.407 e. The van der Waals surface area contributed by atoms with Crippen LogP contribution in [0.4, 0.5) is 4.79 Å². The van der Waals surface area contributed by atoms with Crippen molar-refractivity contribution in [3.63, 3.8) is 0 Å². The first-order chi connectivity index (χ1) is 11.1. The Balaban J connectivity index is 2.37. The lowest BCUT2D eigenvalue weighted by molar-refractivity contribution is -0.146. The molecule has 1 atom stereocenters. The molecular formula is C18H25NO5. The third kappa shape index (κ3) is 7.26. The second kappa shape index (κ2) is 8.47. The molecule has 1 amide bonds. The Morgan fingerprint density at radius 3 is 2.25 bits per heavy atom. The molecule has 0 saturated heterocycles. The summed E-state index contributed by atoms with van der Waals surface area (Å²) in [5.41, 5.74) is 0.941. The van der Waals surface area contributed by atoms with Gasteiger partial charge in [0.25, 0.3) is 0 Å². The van der Waals surface area contributed by atoms with Crippen molar-refractivity contribution < 1.29 is 23.9 Å². The van der Waals surface area contributed by atoms with E-state index in [2.05, 4.69) is 5.32 Å². The van der Waals surface area contributed by atoms with Gasteiger partial charge in [0.05, 0.1) is 6.42 Å². The van der Waals surface area contributed by atoms with E-state index in [1.165, 1.54) is 6.92 Å². The number of rotatable bonds is 6. The molecule has 0 radical (unpaired) electrons. The SMILES string of the molecule is Cc1ccc(C(=O)[C@H](C)OC(=O)CCNC(=O)OC(C)(C)C)cc1. The van der Waals surface area contributed by atoms with Crippen LogP contribution in [-0.4, -0.2) is 36.1 Å². The Morgan fingerprint density at radius 1 is 1.12 bits per heavy atom. The predicted molar refractivity (Wildman–Crippen MR) is 89.9 cm³/mol. The largest absolute Gasteiger partial charge is 0.454 e. The van der Waals surface area contributed by atoms with Crippen LogP contribution in [-0.2, 0) is 14.3 Å². The van der Waals surface area contributed by atoms with Gasteiger partial charge in [0.15, 0.2) is 6.10 Å². The van der Waals surface area contributed by atoms with Crippen molar-refractivity contribution in [3.05, 3.63) is 35.4 Å². The van der Waals surface area contributed by atoms with Crippen LogP contribution in [0.25, 0.3) is 0 Å². The number of alkyl carbamates (subject to hydrolysis) is 1. The molecule has 0 heterocycles. The first kappa shape index (κ1) is 19.7. The fraction of sp³-hybridized carbons (Fsp3) is 0.500. The van der Waals surface area contributed by atoms with Crippen LogP contribution in [0, 0.1) is 6.92 Å². The van der Waals surface area contributed by atoms with Crippen molar-refractivity contribution in [1.82, 2.24) is 5.32 Å². The summed E-state index contributed by atoms with van der Waals surface area (Å²) in [7, 11) is 0. The van der Waals surface area contributed by atoms with Gasteiger partial charge in [-0.2, -0.15) is 0 Å². The first-order valence-corrected chi connectivity index (χ1v) is 7.85. The van der Waals surface area contributed by atoms with E-state index in [1.807, 2.05) is 19.1 Å². The normalized spacial score (nSPS) is 12.2. The van der Waals surface area contributed by atoms with Crippen LogP contribution in [0.2, 0.25) is 0 Å². The Hall–Kier alpha value is -2.37. The topological polar surface area (TPSA) is 81.7 Å². The Morgan fingerprint density at radius 2 is 1.71 bits per heavy atom. The second-order valence-electron chi connectivity index (χ2n) is 6.54. The van der Waals surface area contributed by atoms with Gasteiger partial charge in [-0.1, -0.05) is 29.8 Å². The maximum atomic E-state index is 12.2. The third-order valence-electron chi connectivity index (χ3n) is 3.01. The minimum atomic E-state index is -0.873. The molecule has 0 aromatic heterocycles. The lowest BCUT2D eigenvalue weighted by Crippen LogP contribution is -2.34. The van der Waals surface area contributed by atoms with Gasteiger partial charge in [-0.3, -0.25) is 9.59 Å². The second-order valence-corrected chi connectivity index (χ2v) is 6.54. The van der Waals surface area contributed by atoms with Crippen molar-refractivity contribution in [2.75, 3.05) is 6.54 Å². The van der Waals surface area contributed by atoms with E-state index in [-0.39, 0.29) is 18.7 Å². The smallest absolute Gasteiger partial charge is 0.407 e. The van der Waals surface area contributed by atoms with E-state index in [0.29, 0.717) is 5.56 Å². The molecule has 0 aliphatic carbocycles. The zero-order chi connectivity index (χ0) is 18.3. The molecule has 1 aromatic rings. The summed E-state index contributed by atoms with van der Waals surface area (Å²) in [6.45, 7) is 8.79. The quantitative estimate of drug-likeness (QED) is 0.638. The summed E-state index contributed by atoms with van der Waals surface area (Å²) in [6, 6.07) is 7.05. The average molecular weight is 335 g/mol. The van der Waals surface area contributed by atoms with Crippen LogP contribution in [0.5, 0.6) is 0 Å². The van der Waals surface area contributed by atoms with Gasteiger partial charge < -0.3 is 14.8 Å². The van der Waals surface area contributed by atoms with Gasteiger partial charge in [-0.05, 0) is 34.6 Å². The van der Waals surface area contributed by atoms with Crippen LogP contribution >= 0.6 is 0 Å².